The Morgan fingerprint density at radius 1 is 1.04 bits per heavy atom. The molecular formula is C41H60N4O8. The molecule has 12 heteroatoms. The molecule has 0 radical (unpaired) electrons. The molecule has 0 bridgehead atoms. The molecule has 0 spiro atoms. The van der Waals surface area contributed by atoms with Crippen LogP contribution < -0.4 is 9.47 Å². The number of aliphatic hydroxyl groups is 2. The Kier molecular flexibility index (Phi) is 14.3. The molecular weight excluding hydrogens is 676 g/mol. The number of nitrogens with zero attached hydrogens (tertiary/aromatic N) is 4. The molecule has 5 rings (SSSR count). The van der Waals surface area contributed by atoms with E-state index in [1.807, 2.05) is 51.4 Å². The summed E-state index contributed by atoms with van der Waals surface area (Å²) < 4.78 is 34.4. The van der Waals surface area contributed by atoms with Crippen LogP contribution in [0.4, 0.5) is 0 Å². The fourth-order valence-corrected chi connectivity index (χ4v) is 8.20. The Bertz CT molecular complexity index is 1560. The Balaban J connectivity index is 1.81. The van der Waals surface area contributed by atoms with Gasteiger partial charge in [0.25, 0.3) is 0 Å². The van der Waals surface area contributed by atoms with E-state index in [2.05, 4.69) is 35.6 Å². The number of oxime groups is 1. The molecule has 1 fully saturated rings. The third-order valence-electron chi connectivity index (χ3n) is 10.2. The van der Waals surface area contributed by atoms with Crippen molar-refractivity contribution < 1.29 is 38.7 Å². The lowest BCUT2D eigenvalue weighted by molar-refractivity contribution is -0.254. The fraction of sp³-hybridized carbons (Fsp3) is 0.634. The van der Waals surface area contributed by atoms with Gasteiger partial charge in [-0.05, 0) is 95.9 Å². The number of benzene rings is 1. The number of ether oxygens (including phenoxy) is 5. The van der Waals surface area contributed by atoms with Crippen molar-refractivity contribution in [3.8, 4) is 11.5 Å². The highest BCUT2D eigenvalue weighted by Crippen LogP contribution is 2.63. The number of allylic oxidation sites excluding steroid dienone is 1. The van der Waals surface area contributed by atoms with Crippen LogP contribution in [0.1, 0.15) is 109 Å². The molecule has 2 aliphatic carbocycles. The molecule has 2 aromatic rings. The van der Waals surface area contributed by atoms with Gasteiger partial charge in [-0.2, -0.15) is 0 Å². The van der Waals surface area contributed by atoms with Gasteiger partial charge in [-0.15, -0.1) is 11.7 Å². The summed E-state index contributed by atoms with van der Waals surface area (Å²) in [5.74, 6) is -0.0638. The average Bonchev–Trinajstić information content (AvgIpc) is 3.62. The van der Waals surface area contributed by atoms with Crippen molar-refractivity contribution in [3.05, 3.63) is 72.6 Å². The second kappa shape index (κ2) is 18.7. The van der Waals surface area contributed by atoms with Crippen LogP contribution in [0.5, 0.6) is 11.5 Å². The van der Waals surface area contributed by atoms with Crippen molar-refractivity contribution >= 4 is 5.71 Å². The molecule has 1 aromatic heterocycles. The second-order valence-electron chi connectivity index (χ2n) is 14.9. The van der Waals surface area contributed by atoms with E-state index in [9.17, 15) is 10.2 Å². The van der Waals surface area contributed by atoms with Gasteiger partial charge in [0, 0.05) is 44.3 Å². The number of aliphatic hydroxyl groups excluding tert-OH is 2. The lowest BCUT2D eigenvalue weighted by atomic mass is 9.55. The summed E-state index contributed by atoms with van der Waals surface area (Å²) in [5, 5.41) is 33.6. The van der Waals surface area contributed by atoms with Crippen molar-refractivity contribution in [2.75, 3.05) is 39.6 Å². The molecule has 53 heavy (non-hydrogen) atoms. The minimum Gasteiger partial charge on any atom is -0.490 e. The summed E-state index contributed by atoms with van der Waals surface area (Å²) in [5.41, 5.74) is 2.93. The Hall–Kier alpha value is -3.55. The topological polar surface area (TPSA) is 139 Å². The van der Waals surface area contributed by atoms with Crippen LogP contribution in [-0.2, 0) is 19.0 Å². The summed E-state index contributed by atoms with van der Waals surface area (Å²) in [6.07, 6.45) is 12.1. The summed E-state index contributed by atoms with van der Waals surface area (Å²) in [6.45, 7) is 19.4. The predicted molar refractivity (Wildman–Crippen MR) is 203 cm³/mol. The van der Waals surface area contributed by atoms with Crippen molar-refractivity contribution in [1.29, 1.82) is 0 Å². The maximum atomic E-state index is 9.88. The van der Waals surface area contributed by atoms with Crippen molar-refractivity contribution in [2.45, 2.75) is 109 Å². The molecule has 3 aliphatic rings. The lowest BCUT2D eigenvalue weighted by Gasteiger charge is -2.58. The van der Waals surface area contributed by atoms with E-state index in [1.165, 1.54) is 0 Å². The van der Waals surface area contributed by atoms with Gasteiger partial charge >= 0.3 is 0 Å². The Morgan fingerprint density at radius 2 is 1.75 bits per heavy atom. The molecule has 1 aromatic carbocycles. The van der Waals surface area contributed by atoms with E-state index >= 15 is 0 Å². The Morgan fingerprint density at radius 3 is 2.42 bits per heavy atom. The van der Waals surface area contributed by atoms with Gasteiger partial charge in [-0.25, -0.2) is 4.68 Å². The van der Waals surface area contributed by atoms with Crippen LogP contribution >= 0.6 is 0 Å². The summed E-state index contributed by atoms with van der Waals surface area (Å²) in [4.78, 5) is 6.21. The number of fused-ring (bicyclic) bond motifs is 2. The van der Waals surface area contributed by atoms with Gasteiger partial charge in [0.2, 0.25) is 12.1 Å². The highest BCUT2D eigenvalue weighted by atomic mass is 16.7. The highest BCUT2D eigenvalue weighted by molar-refractivity contribution is 6.02. The number of rotatable bonds is 21. The predicted octanol–water partition coefficient (Wildman–Crippen LogP) is 7.22. The van der Waals surface area contributed by atoms with Crippen LogP contribution in [0.25, 0.3) is 0 Å². The zero-order valence-electron chi connectivity index (χ0n) is 32.2. The van der Waals surface area contributed by atoms with Gasteiger partial charge in [0.1, 0.15) is 35.4 Å². The van der Waals surface area contributed by atoms with Crippen LogP contribution in [0.15, 0.2) is 66.5 Å². The molecule has 292 valence electrons. The van der Waals surface area contributed by atoms with Gasteiger partial charge in [0.15, 0.2) is 0 Å². The molecule has 1 aliphatic heterocycles. The first-order valence-corrected chi connectivity index (χ1v) is 19.3. The molecule has 0 saturated heterocycles. The molecule has 2 heterocycles. The maximum absolute atomic E-state index is 9.88. The number of aromatic nitrogens is 3. The third kappa shape index (κ3) is 9.05. The molecule has 2 N–H and O–H groups in total. The standard InChI is InChI=1S/C41H60N4O8/c1-8-22-50-29-18-19-35-32(25-29)37-30(17-13-15-21-47)28(16-12-14-20-46)24-31-33(43-53-40(5,6)7)26-36(41(52-35,38(31)37)51-23-9-2)45-34(27-42-44-45)39(48-10-3)49-11-4/h8-9,18-19,24-25,27-28,30,36-39,46-47H,1-2,10-17,20-23,26H2,3-7H3/t28-,30+,36-,37+,38+,41+/m0/s1. The quantitative estimate of drug-likeness (QED) is 0.0585. The van der Waals surface area contributed by atoms with Gasteiger partial charge in [-0.1, -0.05) is 48.0 Å². The summed E-state index contributed by atoms with van der Waals surface area (Å²) in [6, 6.07) is 5.41. The zero-order chi connectivity index (χ0) is 38.0. The van der Waals surface area contributed by atoms with Gasteiger partial charge in [-0.3, -0.25) is 0 Å². The normalized spacial score (nSPS) is 25.7. The molecule has 12 nitrogen and oxygen atoms in total. The van der Waals surface area contributed by atoms with Crippen LogP contribution in [0.2, 0.25) is 0 Å². The van der Waals surface area contributed by atoms with E-state index in [-0.39, 0.29) is 43.5 Å². The highest BCUT2D eigenvalue weighted by Gasteiger charge is 2.65. The smallest absolute Gasteiger partial charge is 0.241 e. The molecule has 1 saturated carbocycles. The third-order valence-corrected chi connectivity index (χ3v) is 10.2. The summed E-state index contributed by atoms with van der Waals surface area (Å²) >= 11 is 0. The van der Waals surface area contributed by atoms with E-state index in [4.69, 9.17) is 33.7 Å². The van der Waals surface area contributed by atoms with Crippen molar-refractivity contribution in [1.82, 2.24) is 15.0 Å². The number of unbranched alkanes of at least 4 members (excludes halogenated alkanes) is 2. The van der Waals surface area contributed by atoms with E-state index in [0.29, 0.717) is 44.1 Å². The molecule has 6 atom stereocenters. The Labute approximate surface area is 314 Å². The van der Waals surface area contributed by atoms with E-state index in [0.717, 1.165) is 54.7 Å². The lowest BCUT2D eigenvalue weighted by Crippen LogP contribution is -2.63. The largest absolute Gasteiger partial charge is 0.490 e. The van der Waals surface area contributed by atoms with Crippen LogP contribution in [0, 0.1) is 17.8 Å². The minimum atomic E-state index is -1.29. The van der Waals surface area contributed by atoms with Crippen molar-refractivity contribution in [2.24, 2.45) is 22.9 Å². The molecule has 0 amide bonds. The first-order chi connectivity index (χ1) is 25.7. The monoisotopic (exact) mass is 736 g/mol. The van der Waals surface area contributed by atoms with Crippen LogP contribution in [-0.4, -0.2) is 81.9 Å². The first kappa shape index (κ1) is 40.6. The fourth-order valence-electron chi connectivity index (χ4n) is 8.20. The zero-order valence-corrected chi connectivity index (χ0v) is 32.2. The van der Waals surface area contributed by atoms with Crippen LogP contribution in [0.3, 0.4) is 0 Å². The van der Waals surface area contributed by atoms with E-state index < -0.39 is 23.7 Å². The van der Waals surface area contributed by atoms with Crippen molar-refractivity contribution in [3.63, 3.8) is 0 Å². The first-order valence-electron chi connectivity index (χ1n) is 19.3. The number of hydrogen-bond donors (Lipinski definition) is 2. The minimum absolute atomic E-state index is 0.113. The van der Waals surface area contributed by atoms with E-state index in [1.54, 1.807) is 18.3 Å². The second-order valence-corrected chi connectivity index (χ2v) is 14.9. The SMILES string of the molecule is C=CCOc1ccc2c(c1)[C@H]1[C@H](CCCCO)[C@@H](CCCCO)C=C3C(=NOC(C)(C)C)C[C@H](n4nncc4C(OCC)OCC)[C@@](OCC=C)(O2)[C@H]31. The number of hydrogen-bond acceptors (Lipinski definition) is 11. The average molecular weight is 737 g/mol. The molecule has 0 unspecified atom stereocenters. The van der Waals surface area contributed by atoms with Gasteiger partial charge < -0.3 is 38.7 Å². The maximum Gasteiger partial charge on any atom is 0.241 e. The summed E-state index contributed by atoms with van der Waals surface area (Å²) in [7, 11) is 0. The van der Waals surface area contributed by atoms with Gasteiger partial charge in [0.05, 0.1) is 24.4 Å².